The molecule has 0 saturated carbocycles. The number of hydrogen-bond donors (Lipinski definition) is 0. The van der Waals surface area contributed by atoms with Gasteiger partial charge in [0.15, 0.2) is 16.8 Å². The minimum absolute atomic E-state index is 0.107. The summed E-state index contributed by atoms with van der Waals surface area (Å²) in [6.07, 6.45) is 0. The molecule has 0 fully saturated rings. The predicted octanol–water partition coefficient (Wildman–Crippen LogP) is 5.98. The van der Waals surface area contributed by atoms with Crippen molar-refractivity contribution in [3.8, 4) is 0 Å². The molecule has 3 nitrogen and oxygen atoms in total. The van der Waals surface area contributed by atoms with Crippen molar-refractivity contribution in [1.82, 2.24) is 15.0 Å². The maximum Gasteiger partial charge on any atom is 0.250 e. The highest BCUT2D eigenvalue weighted by atomic mass is 35.6. The number of hydrogen-bond acceptors (Lipinski definition) is 4. The van der Waals surface area contributed by atoms with Crippen molar-refractivity contribution in [2.45, 2.75) is 24.6 Å². The second-order valence-electron chi connectivity index (χ2n) is 4.18. The first-order chi connectivity index (χ1) is 10.1. The van der Waals surface area contributed by atoms with E-state index >= 15 is 0 Å². The topological polar surface area (TPSA) is 38.7 Å². The summed E-state index contributed by atoms with van der Waals surface area (Å²) in [6.45, 7) is 1.97. The van der Waals surface area contributed by atoms with Crippen LogP contribution in [0, 0.1) is 6.92 Å². The van der Waals surface area contributed by atoms with E-state index in [9.17, 15) is 0 Å². The molecule has 2 rings (SSSR count). The van der Waals surface area contributed by atoms with E-state index in [1.807, 2.05) is 31.2 Å². The molecule has 0 aliphatic carbocycles. The van der Waals surface area contributed by atoms with Gasteiger partial charge in [-0.05, 0) is 30.8 Å². The Kier molecular flexibility index (Phi) is 5.98. The van der Waals surface area contributed by atoms with Gasteiger partial charge in [0.25, 0.3) is 0 Å². The van der Waals surface area contributed by atoms with Gasteiger partial charge in [0.2, 0.25) is 7.59 Å². The third-order valence-corrected chi connectivity index (χ3v) is 4.19. The molecule has 0 spiro atoms. The summed E-state index contributed by atoms with van der Waals surface area (Å²) in [5, 5.41) is 0.267. The minimum atomic E-state index is -1.85. The lowest BCUT2D eigenvalue weighted by Gasteiger charge is -2.15. The van der Waals surface area contributed by atoms with E-state index in [1.165, 1.54) is 11.8 Å². The first kappa shape index (κ1) is 18.7. The number of aryl methyl sites for hydroxylation is 1. The van der Waals surface area contributed by atoms with Crippen LogP contribution in [-0.4, -0.2) is 15.0 Å². The van der Waals surface area contributed by atoms with Gasteiger partial charge in [-0.1, -0.05) is 87.3 Å². The Morgan fingerprint density at radius 1 is 0.864 bits per heavy atom. The Labute approximate surface area is 161 Å². The van der Waals surface area contributed by atoms with Crippen LogP contribution in [0.1, 0.15) is 17.2 Å². The van der Waals surface area contributed by atoms with E-state index in [0.717, 1.165) is 10.5 Å². The zero-order valence-corrected chi connectivity index (χ0v) is 16.2. The third-order valence-electron chi connectivity index (χ3n) is 2.32. The van der Waals surface area contributed by atoms with Crippen molar-refractivity contribution in [3.05, 3.63) is 41.5 Å². The zero-order valence-electron chi connectivity index (χ0n) is 10.8. The van der Waals surface area contributed by atoms with Crippen LogP contribution < -0.4 is 0 Å². The van der Waals surface area contributed by atoms with Crippen LogP contribution in [-0.2, 0) is 7.59 Å². The van der Waals surface area contributed by atoms with E-state index in [1.54, 1.807) is 0 Å². The van der Waals surface area contributed by atoms with Crippen molar-refractivity contribution < 1.29 is 0 Å². The van der Waals surface area contributed by atoms with Gasteiger partial charge in [0.1, 0.15) is 0 Å². The molecule has 10 heteroatoms. The zero-order chi connectivity index (χ0) is 16.5. The Morgan fingerprint density at radius 2 is 1.41 bits per heavy atom. The summed E-state index contributed by atoms with van der Waals surface area (Å²) < 4.78 is -3.70. The molecule has 0 unspecified atom stereocenters. The SMILES string of the molecule is Cc1cccc(Sc2nc(C(Cl)(Cl)Cl)nc(C(Cl)(Cl)Cl)n2)c1. The van der Waals surface area contributed by atoms with Crippen LogP contribution in [0.25, 0.3) is 0 Å². The quantitative estimate of drug-likeness (QED) is 0.541. The summed E-state index contributed by atoms with van der Waals surface area (Å²) in [7, 11) is 0. The number of nitrogens with zero attached hydrogens (tertiary/aromatic N) is 3. The summed E-state index contributed by atoms with van der Waals surface area (Å²) in [6, 6.07) is 7.73. The van der Waals surface area contributed by atoms with Crippen LogP contribution in [0.4, 0.5) is 0 Å². The van der Waals surface area contributed by atoms with Crippen molar-refractivity contribution in [2.24, 2.45) is 0 Å². The second kappa shape index (κ2) is 7.06. The summed E-state index contributed by atoms with van der Waals surface area (Å²) in [5.74, 6) is -0.215. The van der Waals surface area contributed by atoms with E-state index in [-0.39, 0.29) is 16.8 Å². The van der Waals surface area contributed by atoms with Crippen molar-refractivity contribution in [1.29, 1.82) is 0 Å². The van der Waals surface area contributed by atoms with Gasteiger partial charge in [-0.15, -0.1) is 0 Å². The Morgan fingerprint density at radius 3 is 1.86 bits per heavy atom. The maximum atomic E-state index is 5.82. The highest BCUT2D eigenvalue weighted by Crippen LogP contribution is 2.41. The minimum Gasteiger partial charge on any atom is -0.209 e. The van der Waals surface area contributed by atoms with Crippen LogP contribution in [0.15, 0.2) is 34.3 Å². The molecule has 0 N–H and O–H groups in total. The Hall–Kier alpha value is 0.320. The van der Waals surface area contributed by atoms with Gasteiger partial charge < -0.3 is 0 Å². The molecule has 0 bridgehead atoms. The Balaban J connectivity index is 2.46. The lowest BCUT2D eigenvalue weighted by Crippen LogP contribution is -2.16. The second-order valence-corrected chi connectivity index (χ2v) is 9.78. The van der Waals surface area contributed by atoms with Crippen LogP contribution >= 0.6 is 81.4 Å². The molecule has 118 valence electrons. The molecular weight excluding hydrogens is 431 g/mol. The molecule has 0 amide bonds. The summed E-state index contributed by atoms with van der Waals surface area (Å²) in [4.78, 5) is 13.0. The first-order valence-electron chi connectivity index (χ1n) is 5.71. The highest BCUT2D eigenvalue weighted by Gasteiger charge is 2.33. The van der Waals surface area contributed by atoms with Gasteiger partial charge in [-0.2, -0.15) is 0 Å². The van der Waals surface area contributed by atoms with E-state index < -0.39 is 7.59 Å². The molecule has 0 aliphatic heterocycles. The van der Waals surface area contributed by atoms with E-state index in [2.05, 4.69) is 15.0 Å². The van der Waals surface area contributed by atoms with E-state index in [0.29, 0.717) is 0 Å². The normalized spacial score (nSPS) is 12.5. The average molecular weight is 438 g/mol. The largest absolute Gasteiger partial charge is 0.250 e. The standard InChI is InChI=1S/C12H7Cl6N3S/c1-6-3-2-4-7(5-6)22-10-20-8(11(13,14)15)19-9(21-10)12(16,17)18/h2-5H,1H3. The fourth-order valence-corrected chi connectivity index (χ4v) is 2.81. The number of rotatable bonds is 2. The summed E-state index contributed by atoms with van der Waals surface area (Å²) >= 11 is 36.2. The number of alkyl halides is 6. The maximum absolute atomic E-state index is 5.82. The Bertz CT molecular complexity index is 651. The molecule has 0 saturated heterocycles. The smallest absolute Gasteiger partial charge is 0.209 e. The van der Waals surface area contributed by atoms with Crippen LogP contribution in [0.2, 0.25) is 0 Å². The molecule has 0 atom stereocenters. The molecular formula is C12H7Cl6N3S. The van der Waals surface area contributed by atoms with Crippen LogP contribution in [0.5, 0.6) is 0 Å². The lowest BCUT2D eigenvalue weighted by atomic mass is 10.2. The molecule has 22 heavy (non-hydrogen) atoms. The van der Waals surface area contributed by atoms with Crippen molar-refractivity contribution >= 4 is 81.4 Å². The molecule has 0 aliphatic rings. The van der Waals surface area contributed by atoms with Gasteiger partial charge in [-0.25, -0.2) is 15.0 Å². The van der Waals surface area contributed by atoms with Crippen molar-refractivity contribution in [3.63, 3.8) is 0 Å². The fourth-order valence-electron chi connectivity index (χ4n) is 1.44. The number of halogens is 6. The summed E-state index contributed by atoms with van der Waals surface area (Å²) in [5.41, 5.74) is 1.09. The number of benzene rings is 1. The average Bonchev–Trinajstić information content (AvgIpc) is 2.36. The highest BCUT2D eigenvalue weighted by molar-refractivity contribution is 7.99. The first-order valence-corrected chi connectivity index (χ1v) is 8.79. The lowest BCUT2D eigenvalue weighted by molar-refractivity contribution is 0.768. The monoisotopic (exact) mass is 435 g/mol. The van der Waals surface area contributed by atoms with Gasteiger partial charge in [0, 0.05) is 4.90 Å². The molecule has 1 aromatic heterocycles. The van der Waals surface area contributed by atoms with Crippen molar-refractivity contribution in [2.75, 3.05) is 0 Å². The van der Waals surface area contributed by atoms with E-state index in [4.69, 9.17) is 69.6 Å². The van der Waals surface area contributed by atoms with Gasteiger partial charge >= 0.3 is 0 Å². The third kappa shape index (κ3) is 5.17. The predicted molar refractivity (Wildman–Crippen MR) is 93.6 cm³/mol. The molecule has 1 heterocycles. The molecule has 1 aromatic carbocycles. The fraction of sp³-hybridized carbons (Fsp3) is 0.250. The molecule has 0 radical (unpaired) electrons. The number of aromatic nitrogens is 3. The van der Waals surface area contributed by atoms with Gasteiger partial charge in [0.05, 0.1) is 0 Å². The van der Waals surface area contributed by atoms with Gasteiger partial charge in [-0.3, -0.25) is 0 Å². The molecule has 2 aromatic rings. The van der Waals surface area contributed by atoms with Crippen LogP contribution in [0.3, 0.4) is 0 Å².